The molecule has 0 aliphatic rings. The molecule has 2 rings (SSSR count). The van der Waals surface area contributed by atoms with Gasteiger partial charge < -0.3 is 14.8 Å². The molecule has 0 saturated carbocycles. The van der Waals surface area contributed by atoms with Crippen molar-refractivity contribution in [2.45, 2.75) is 59.2 Å². The van der Waals surface area contributed by atoms with Crippen molar-refractivity contribution in [1.29, 1.82) is 0 Å². The molecule has 0 aromatic heterocycles. The largest absolute Gasteiger partial charge is 0.489 e. The lowest BCUT2D eigenvalue weighted by atomic mass is 9.98. The second-order valence-electron chi connectivity index (χ2n) is 6.82. The van der Waals surface area contributed by atoms with Crippen molar-refractivity contribution >= 4 is 5.69 Å². The molecule has 2 aromatic carbocycles. The number of hydrogen-bond acceptors (Lipinski definition) is 3. The lowest BCUT2D eigenvalue weighted by molar-refractivity contribution is 0.229. The highest BCUT2D eigenvalue weighted by Crippen LogP contribution is 2.29. The molecule has 0 fully saturated rings. The molecule has 0 aliphatic carbocycles. The summed E-state index contributed by atoms with van der Waals surface area (Å²) in [4.78, 5) is 0. The molecule has 25 heavy (non-hydrogen) atoms. The first kappa shape index (κ1) is 19.2. The van der Waals surface area contributed by atoms with Gasteiger partial charge in [-0.1, -0.05) is 44.2 Å². The van der Waals surface area contributed by atoms with Gasteiger partial charge in [0.1, 0.15) is 17.6 Å². The third-order valence-corrected chi connectivity index (χ3v) is 4.22. The number of benzene rings is 2. The van der Waals surface area contributed by atoms with E-state index in [1.165, 1.54) is 5.56 Å². The molecular formula is C22H31NO2. The van der Waals surface area contributed by atoms with Crippen LogP contribution in [0.3, 0.4) is 0 Å². The summed E-state index contributed by atoms with van der Waals surface area (Å²) in [5, 5.41) is 3.45. The van der Waals surface area contributed by atoms with Crippen LogP contribution in [0.2, 0.25) is 0 Å². The van der Waals surface area contributed by atoms with Gasteiger partial charge >= 0.3 is 0 Å². The number of rotatable bonds is 9. The standard InChI is InChI=1S/C22H31NO2/c1-6-17(4)19-11-7-9-13-21(19)25-18(5)15-23-20-12-8-10-14-22(20)24-16(2)3/h7-14,16-18,23H,6,15H2,1-5H3/t17-,18+/m1/s1. The summed E-state index contributed by atoms with van der Waals surface area (Å²) in [6, 6.07) is 16.4. The molecule has 2 atom stereocenters. The van der Waals surface area contributed by atoms with Crippen LogP contribution in [0, 0.1) is 0 Å². The van der Waals surface area contributed by atoms with E-state index in [9.17, 15) is 0 Å². The highest BCUT2D eigenvalue weighted by atomic mass is 16.5. The molecule has 0 aliphatic heterocycles. The van der Waals surface area contributed by atoms with Gasteiger partial charge in [-0.05, 0) is 56.9 Å². The van der Waals surface area contributed by atoms with Crippen molar-refractivity contribution in [1.82, 2.24) is 0 Å². The van der Waals surface area contributed by atoms with E-state index in [0.29, 0.717) is 12.5 Å². The van der Waals surface area contributed by atoms with E-state index in [-0.39, 0.29) is 12.2 Å². The summed E-state index contributed by atoms with van der Waals surface area (Å²) in [6.45, 7) is 11.3. The molecule has 0 saturated heterocycles. The van der Waals surface area contributed by atoms with Gasteiger partial charge in [0.05, 0.1) is 18.3 Å². The van der Waals surface area contributed by atoms with Crippen LogP contribution in [0.25, 0.3) is 0 Å². The minimum atomic E-state index is 0.0531. The van der Waals surface area contributed by atoms with Crippen molar-refractivity contribution in [3.63, 3.8) is 0 Å². The van der Waals surface area contributed by atoms with Crippen molar-refractivity contribution < 1.29 is 9.47 Å². The quantitative estimate of drug-likeness (QED) is 0.619. The Balaban J connectivity index is 1.99. The van der Waals surface area contributed by atoms with Gasteiger partial charge in [0.15, 0.2) is 0 Å². The van der Waals surface area contributed by atoms with Gasteiger partial charge in [0, 0.05) is 0 Å². The van der Waals surface area contributed by atoms with E-state index in [1.54, 1.807) is 0 Å². The average Bonchev–Trinajstić information content (AvgIpc) is 2.60. The zero-order chi connectivity index (χ0) is 18.2. The van der Waals surface area contributed by atoms with Crippen LogP contribution in [0.1, 0.15) is 52.5 Å². The second kappa shape index (κ2) is 9.36. The van der Waals surface area contributed by atoms with Crippen LogP contribution in [0.5, 0.6) is 11.5 Å². The Bertz CT molecular complexity index is 654. The molecule has 0 amide bonds. The van der Waals surface area contributed by atoms with Crippen molar-refractivity contribution in [3.05, 3.63) is 54.1 Å². The van der Waals surface area contributed by atoms with Gasteiger partial charge in [-0.25, -0.2) is 0 Å². The molecule has 3 nitrogen and oxygen atoms in total. The minimum absolute atomic E-state index is 0.0531. The number of para-hydroxylation sites is 3. The van der Waals surface area contributed by atoms with Crippen LogP contribution in [0.4, 0.5) is 5.69 Å². The smallest absolute Gasteiger partial charge is 0.142 e. The maximum Gasteiger partial charge on any atom is 0.142 e. The maximum absolute atomic E-state index is 6.21. The number of ether oxygens (including phenoxy) is 2. The summed E-state index contributed by atoms with van der Waals surface area (Å²) >= 11 is 0. The summed E-state index contributed by atoms with van der Waals surface area (Å²) in [5.41, 5.74) is 2.28. The number of nitrogens with one attached hydrogen (secondary N) is 1. The van der Waals surface area contributed by atoms with Gasteiger partial charge in [0.25, 0.3) is 0 Å². The van der Waals surface area contributed by atoms with E-state index in [2.05, 4.69) is 44.3 Å². The van der Waals surface area contributed by atoms with Crippen LogP contribution < -0.4 is 14.8 Å². The number of anilines is 1. The predicted octanol–water partition coefficient (Wildman–Crippen LogP) is 5.87. The van der Waals surface area contributed by atoms with Gasteiger partial charge in [-0.3, -0.25) is 0 Å². The van der Waals surface area contributed by atoms with Crippen molar-refractivity contribution in [3.8, 4) is 11.5 Å². The molecule has 2 aromatic rings. The Morgan fingerprint density at radius 2 is 1.48 bits per heavy atom. The Morgan fingerprint density at radius 3 is 2.16 bits per heavy atom. The molecule has 1 N–H and O–H groups in total. The molecule has 0 bridgehead atoms. The Kier molecular flexibility index (Phi) is 7.17. The van der Waals surface area contributed by atoms with Crippen LogP contribution >= 0.6 is 0 Å². The van der Waals surface area contributed by atoms with E-state index in [1.807, 2.05) is 44.2 Å². The average molecular weight is 341 g/mol. The summed E-state index contributed by atoms with van der Waals surface area (Å²) in [7, 11) is 0. The van der Waals surface area contributed by atoms with E-state index in [4.69, 9.17) is 9.47 Å². The molecular weight excluding hydrogens is 310 g/mol. The van der Waals surface area contributed by atoms with Gasteiger partial charge in [-0.2, -0.15) is 0 Å². The van der Waals surface area contributed by atoms with Crippen LogP contribution in [-0.2, 0) is 0 Å². The Hall–Kier alpha value is -2.16. The summed E-state index contributed by atoms with van der Waals surface area (Å²) < 4.78 is 12.1. The van der Waals surface area contributed by atoms with E-state index in [0.717, 1.165) is 23.6 Å². The van der Waals surface area contributed by atoms with E-state index >= 15 is 0 Å². The summed E-state index contributed by atoms with van der Waals surface area (Å²) in [5.74, 6) is 2.36. The lowest BCUT2D eigenvalue weighted by Crippen LogP contribution is -2.23. The van der Waals surface area contributed by atoms with Crippen LogP contribution in [0.15, 0.2) is 48.5 Å². The van der Waals surface area contributed by atoms with Gasteiger partial charge in [0.2, 0.25) is 0 Å². The third kappa shape index (κ3) is 5.70. The third-order valence-electron chi connectivity index (χ3n) is 4.22. The lowest BCUT2D eigenvalue weighted by Gasteiger charge is -2.21. The molecule has 0 spiro atoms. The Morgan fingerprint density at radius 1 is 0.840 bits per heavy atom. The Labute approximate surface area is 152 Å². The molecule has 136 valence electrons. The fourth-order valence-corrected chi connectivity index (χ4v) is 2.70. The second-order valence-corrected chi connectivity index (χ2v) is 6.82. The van der Waals surface area contributed by atoms with Crippen molar-refractivity contribution in [2.24, 2.45) is 0 Å². The molecule has 0 heterocycles. The topological polar surface area (TPSA) is 30.5 Å². The zero-order valence-corrected chi connectivity index (χ0v) is 16.1. The monoisotopic (exact) mass is 341 g/mol. The van der Waals surface area contributed by atoms with E-state index < -0.39 is 0 Å². The molecule has 0 radical (unpaired) electrons. The fourth-order valence-electron chi connectivity index (χ4n) is 2.70. The highest BCUT2D eigenvalue weighted by molar-refractivity contribution is 5.56. The molecule has 3 heteroatoms. The maximum atomic E-state index is 6.21. The van der Waals surface area contributed by atoms with Crippen LogP contribution in [-0.4, -0.2) is 18.8 Å². The SMILES string of the molecule is CC[C@@H](C)c1ccccc1O[C@@H](C)CNc1ccccc1OC(C)C. The first-order valence-electron chi connectivity index (χ1n) is 9.26. The summed E-state index contributed by atoms with van der Waals surface area (Å²) in [6.07, 6.45) is 1.31. The zero-order valence-electron chi connectivity index (χ0n) is 16.1. The highest BCUT2D eigenvalue weighted by Gasteiger charge is 2.13. The number of hydrogen-bond donors (Lipinski definition) is 1. The predicted molar refractivity (Wildman–Crippen MR) is 106 cm³/mol. The van der Waals surface area contributed by atoms with Gasteiger partial charge in [-0.15, -0.1) is 0 Å². The fraction of sp³-hybridized carbons (Fsp3) is 0.455. The molecule has 0 unspecified atom stereocenters. The minimum Gasteiger partial charge on any atom is -0.489 e. The normalized spacial score (nSPS) is 13.4. The first-order valence-corrected chi connectivity index (χ1v) is 9.26. The first-order chi connectivity index (χ1) is 12.0. The van der Waals surface area contributed by atoms with Crippen molar-refractivity contribution in [2.75, 3.05) is 11.9 Å².